The smallest absolute Gasteiger partial charge is 0.311 e. The summed E-state index contributed by atoms with van der Waals surface area (Å²) >= 11 is 0. The van der Waals surface area contributed by atoms with Gasteiger partial charge in [0.25, 0.3) is 0 Å². The van der Waals surface area contributed by atoms with E-state index in [1.165, 1.54) is 11.1 Å². The highest BCUT2D eigenvalue weighted by Gasteiger charge is 2.64. The maximum Gasteiger partial charge on any atom is 0.311 e. The number of likely N-dealkylation sites (tertiary alicyclic amines) is 1. The summed E-state index contributed by atoms with van der Waals surface area (Å²) in [7, 11) is 0. The minimum absolute atomic E-state index is 0.0221. The lowest BCUT2D eigenvalue weighted by atomic mass is 9.74. The van der Waals surface area contributed by atoms with Gasteiger partial charge in [-0.25, -0.2) is 0 Å². The largest absolute Gasteiger partial charge is 0.481 e. The van der Waals surface area contributed by atoms with E-state index in [0.29, 0.717) is 32.7 Å². The van der Waals surface area contributed by atoms with E-state index in [-0.39, 0.29) is 23.2 Å². The van der Waals surface area contributed by atoms with Crippen LogP contribution in [0.25, 0.3) is 0 Å². The van der Waals surface area contributed by atoms with Gasteiger partial charge in [-0.2, -0.15) is 0 Å². The zero-order valence-electron chi connectivity index (χ0n) is 14.2. The van der Waals surface area contributed by atoms with Crippen molar-refractivity contribution in [3.8, 4) is 0 Å². The molecule has 0 unspecified atom stereocenters. The summed E-state index contributed by atoms with van der Waals surface area (Å²) in [5.74, 6) is -0.657. The molecule has 2 saturated heterocycles. The first-order valence-electron chi connectivity index (χ1n) is 9.25. The summed E-state index contributed by atoms with van der Waals surface area (Å²) in [5.41, 5.74) is 1.95. The van der Waals surface area contributed by atoms with Gasteiger partial charge < -0.3 is 14.7 Å². The first kappa shape index (κ1) is 15.4. The van der Waals surface area contributed by atoms with Gasteiger partial charge in [-0.3, -0.25) is 9.59 Å². The Labute approximate surface area is 147 Å². The third kappa shape index (κ3) is 1.99. The van der Waals surface area contributed by atoms with Crippen LogP contribution in [-0.4, -0.2) is 48.2 Å². The number of benzene rings is 1. The van der Waals surface area contributed by atoms with Gasteiger partial charge in [0.15, 0.2) is 0 Å². The molecule has 1 aromatic rings. The maximum atomic E-state index is 13.2. The number of rotatable bonds is 2. The van der Waals surface area contributed by atoms with Crippen LogP contribution in [0.4, 0.5) is 0 Å². The average molecular weight is 341 g/mol. The first-order valence-corrected chi connectivity index (χ1v) is 9.25. The van der Waals surface area contributed by atoms with Gasteiger partial charge >= 0.3 is 5.97 Å². The van der Waals surface area contributed by atoms with Gasteiger partial charge in [0.2, 0.25) is 5.91 Å². The fourth-order valence-corrected chi connectivity index (χ4v) is 5.61. The highest BCUT2D eigenvalue weighted by molar-refractivity contribution is 5.87. The number of carbonyl (C=O) groups excluding carboxylic acids is 1. The molecule has 0 bridgehead atoms. The number of carboxylic acids is 1. The second-order valence-corrected chi connectivity index (χ2v) is 8.27. The number of nitrogens with zero attached hydrogens (tertiary/aromatic N) is 1. The fraction of sp³-hybridized carbons (Fsp3) is 0.600. The molecule has 4 atom stereocenters. The minimum Gasteiger partial charge on any atom is -0.481 e. The third-order valence-electron chi connectivity index (χ3n) is 7.21. The van der Waals surface area contributed by atoms with E-state index in [9.17, 15) is 14.7 Å². The maximum absolute atomic E-state index is 13.2. The van der Waals surface area contributed by atoms with Crippen molar-refractivity contribution in [1.82, 2.24) is 4.90 Å². The Morgan fingerprint density at radius 3 is 2.88 bits per heavy atom. The molecule has 132 valence electrons. The summed E-state index contributed by atoms with van der Waals surface area (Å²) in [6.07, 6.45) is 3.53. The lowest BCUT2D eigenvalue weighted by Gasteiger charge is -2.33. The number of carboxylic acid groups (broad SMARTS) is 1. The molecule has 1 saturated carbocycles. The molecular weight excluding hydrogens is 318 g/mol. The van der Waals surface area contributed by atoms with Crippen molar-refractivity contribution >= 4 is 11.9 Å². The topological polar surface area (TPSA) is 66.8 Å². The van der Waals surface area contributed by atoms with E-state index in [4.69, 9.17) is 4.74 Å². The number of amides is 1. The average Bonchev–Trinajstić information content (AvgIpc) is 3.03. The molecule has 2 aliphatic carbocycles. The zero-order valence-corrected chi connectivity index (χ0v) is 14.2. The Morgan fingerprint density at radius 2 is 2.08 bits per heavy atom. The SMILES string of the molecule is O=C([C@H]1C[C@]12CCc1ccccc12)N1C[C@H]2COCC[C@@]2(C(=O)O)C1. The van der Waals surface area contributed by atoms with E-state index in [1.807, 2.05) is 4.90 Å². The van der Waals surface area contributed by atoms with Gasteiger partial charge in [-0.05, 0) is 36.8 Å². The third-order valence-corrected chi connectivity index (χ3v) is 7.21. The molecule has 3 fully saturated rings. The Bertz CT molecular complexity index is 762. The predicted octanol–water partition coefficient (Wildman–Crippen LogP) is 1.84. The van der Waals surface area contributed by atoms with Gasteiger partial charge in [0.1, 0.15) is 0 Å². The molecule has 5 heteroatoms. The van der Waals surface area contributed by atoms with Crippen LogP contribution in [0.3, 0.4) is 0 Å². The van der Waals surface area contributed by atoms with E-state index < -0.39 is 11.4 Å². The lowest BCUT2D eigenvalue weighted by Crippen LogP contribution is -2.45. The molecule has 2 aliphatic heterocycles. The van der Waals surface area contributed by atoms with Crippen LogP contribution < -0.4 is 0 Å². The lowest BCUT2D eigenvalue weighted by molar-refractivity contribution is -0.157. The highest BCUT2D eigenvalue weighted by atomic mass is 16.5. The molecule has 2 heterocycles. The van der Waals surface area contributed by atoms with Crippen LogP contribution in [0.1, 0.15) is 30.4 Å². The van der Waals surface area contributed by atoms with Gasteiger partial charge in [0, 0.05) is 36.9 Å². The fourth-order valence-electron chi connectivity index (χ4n) is 5.61. The zero-order chi connectivity index (χ0) is 17.2. The van der Waals surface area contributed by atoms with Gasteiger partial charge in [0.05, 0.1) is 12.0 Å². The van der Waals surface area contributed by atoms with E-state index in [1.54, 1.807) is 0 Å². The monoisotopic (exact) mass is 341 g/mol. The number of aryl methyl sites for hydroxylation is 1. The summed E-state index contributed by atoms with van der Waals surface area (Å²) in [4.78, 5) is 26.9. The Hall–Kier alpha value is -1.88. The highest BCUT2D eigenvalue weighted by Crippen LogP contribution is 2.62. The van der Waals surface area contributed by atoms with Crippen LogP contribution in [0.5, 0.6) is 0 Å². The number of hydrogen-bond donors (Lipinski definition) is 1. The van der Waals surface area contributed by atoms with Gasteiger partial charge in [-0.1, -0.05) is 24.3 Å². The summed E-state index contributed by atoms with van der Waals surface area (Å²) in [6.45, 7) is 1.81. The molecule has 1 aromatic carbocycles. The van der Waals surface area contributed by atoms with Crippen LogP contribution in [0, 0.1) is 17.3 Å². The molecule has 4 aliphatic rings. The van der Waals surface area contributed by atoms with Crippen molar-refractivity contribution in [2.75, 3.05) is 26.3 Å². The molecule has 1 spiro atoms. The van der Waals surface area contributed by atoms with Crippen molar-refractivity contribution in [3.05, 3.63) is 35.4 Å². The quantitative estimate of drug-likeness (QED) is 0.891. The van der Waals surface area contributed by atoms with E-state index in [0.717, 1.165) is 19.3 Å². The Kier molecular flexibility index (Phi) is 3.12. The van der Waals surface area contributed by atoms with E-state index >= 15 is 0 Å². The molecular formula is C20H23NO4. The standard InChI is InChI=1S/C20H23NO4/c22-17(16-9-19(16)6-5-13-3-1-2-4-15(13)19)21-10-14-11-25-8-7-20(14,12-21)18(23)24/h1-4,14,16H,5-12H2,(H,23,24)/t14-,16+,19-,20+/m0/s1. The Balaban J connectivity index is 1.38. The molecule has 0 radical (unpaired) electrons. The number of aliphatic carboxylic acids is 1. The number of ether oxygens (including phenoxy) is 1. The number of fused-ring (bicyclic) bond motifs is 3. The van der Waals surface area contributed by atoms with Crippen LogP contribution >= 0.6 is 0 Å². The molecule has 5 nitrogen and oxygen atoms in total. The number of hydrogen-bond acceptors (Lipinski definition) is 3. The molecule has 5 rings (SSSR count). The van der Waals surface area contributed by atoms with Crippen molar-refractivity contribution in [2.24, 2.45) is 17.3 Å². The van der Waals surface area contributed by atoms with Crippen LogP contribution in [0.2, 0.25) is 0 Å². The normalized spacial score (nSPS) is 38.5. The molecule has 0 aromatic heterocycles. The second kappa shape index (κ2) is 5.07. The molecule has 1 N–H and O–H groups in total. The van der Waals surface area contributed by atoms with Crippen LogP contribution in [0.15, 0.2) is 24.3 Å². The van der Waals surface area contributed by atoms with E-state index in [2.05, 4.69) is 24.3 Å². The van der Waals surface area contributed by atoms with Crippen molar-refractivity contribution in [3.63, 3.8) is 0 Å². The predicted molar refractivity (Wildman–Crippen MR) is 90.1 cm³/mol. The summed E-state index contributed by atoms with van der Waals surface area (Å²) in [6, 6.07) is 8.48. The minimum atomic E-state index is -0.802. The summed E-state index contributed by atoms with van der Waals surface area (Å²) in [5, 5.41) is 9.79. The van der Waals surface area contributed by atoms with Gasteiger partial charge in [-0.15, -0.1) is 0 Å². The van der Waals surface area contributed by atoms with Crippen molar-refractivity contribution < 1.29 is 19.4 Å². The molecule has 25 heavy (non-hydrogen) atoms. The van der Waals surface area contributed by atoms with Crippen LogP contribution in [-0.2, 0) is 26.2 Å². The summed E-state index contributed by atoms with van der Waals surface area (Å²) < 4.78 is 5.50. The van der Waals surface area contributed by atoms with Crippen molar-refractivity contribution in [1.29, 1.82) is 0 Å². The number of carbonyl (C=O) groups is 2. The van der Waals surface area contributed by atoms with Crippen molar-refractivity contribution in [2.45, 2.75) is 31.1 Å². The Morgan fingerprint density at radius 1 is 1.24 bits per heavy atom. The molecule has 1 amide bonds. The second-order valence-electron chi connectivity index (χ2n) is 8.27. The first-order chi connectivity index (χ1) is 12.1.